The number of rotatable bonds is 8. The molecule has 0 radical (unpaired) electrons. The van der Waals surface area contributed by atoms with Gasteiger partial charge in [-0.05, 0) is 32.1 Å². The number of hydrogen-bond acceptors (Lipinski definition) is 6. The van der Waals surface area contributed by atoms with Crippen LogP contribution in [0.4, 0.5) is 5.69 Å². The number of ether oxygens (including phenoxy) is 1. The van der Waals surface area contributed by atoms with Crippen molar-refractivity contribution in [3.8, 4) is 5.75 Å². The fraction of sp³-hybridized carbons (Fsp3) is 0.455. The molecule has 0 saturated carbocycles. The molecule has 1 aromatic rings. The molecular formula is C11H17N3O5S. The topological polar surface area (TPSA) is 111 Å². The first kappa shape index (κ1) is 16.3. The Morgan fingerprint density at radius 1 is 1.35 bits per heavy atom. The average Bonchev–Trinajstić information content (AvgIpc) is 2.42. The van der Waals surface area contributed by atoms with Gasteiger partial charge in [0.05, 0.1) is 16.9 Å². The van der Waals surface area contributed by atoms with Crippen LogP contribution in [0.5, 0.6) is 5.75 Å². The van der Waals surface area contributed by atoms with Gasteiger partial charge < -0.3 is 10.1 Å². The van der Waals surface area contributed by atoms with Crippen molar-refractivity contribution in [3.63, 3.8) is 0 Å². The average molecular weight is 303 g/mol. The third kappa shape index (κ3) is 4.15. The first-order chi connectivity index (χ1) is 9.42. The molecule has 2 N–H and O–H groups in total. The highest BCUT2D eigenvalue weighted by atomic mass is 32.2. The molecule has 8 nitrogen and oxygen atoms in total. The van der Waals surface area contributed by atoms with Gasteiger partial charge in [-0.3, -0.25) is 10.1 Å². The van der Waals surface area contributed by atoms with Gasteiger partial charge in [0.1, 0.15) is 0 Å². The smallest absolute Gasteiger partial charge is 0.312 e. The van der Waals surface area contributed by atoms with Crippen molar-refractivity contribution in [1.29, 1.82) is 0 Å². The summed E-state index contributed by atoms with van der Waals surface area (Å²) in [5.74, 6) is 0.0177. The van der Waals surface area contributed by atoms with Crippen molar-refractivity contribution < 1.29 is 18.1 Å². The molecule has 0 atom stereocenters. The number of nitro benzene ring substituents is 1. The van der Waals surface area contributed by atoms with E-state index in [9.17, 15) is 18.5 Å². The number of benzene rings is 1. The predicted octanol–water partition coefficient (Wildman–Crippen LogP) is 0.491. The maximum absolute atomic E-state index is 12.0. The number of hydrogen-bond donors (Lipinski definition) is 2. The zero-order chi connectivity index (χ0) is 15.2. The van der Waals surface area contributed by atoms with Gasteiger partial charge in [-0.2, -0.15) is 0 Å². The maximum atomic E-state index is 12.0. The van der Waals surface area contributed by atoms with Crippen LogP contribution in [-0.2, 0) is 10.0 Å². The van der Waals surface area contributed by atoms with Crippen molar-refractivity contribution >= 4 is 15.7 Å². The minimum Gasteiger partial charge on any atom is -0.490 e. The normalized spacial score (nSPS) is 11.3. The van der Waals surface area contributed by atoms with Crippen LogP contribution in [0.1, 0.15) is 6.42 Å². The third-order valence-electron chi connectivity index (χ3n) is 2.55. The molecule has 9 heteroatoms. The lowest BCUT2D eigenvalue weighted by atomic mass is 10.3. The quantitative estimate of drug-likeness (QED) is 0.411. The maximum Gasteiger partial charge on any atom is 0.312 e. The molecule has 0 aliphatic heterocycles. The monoisotopic (exact) mass is 303 g/mol. The second-order valence-corrected chi connectivity index (χ2v) is 5.71. The van der Waals surface area contributed by atoms with E-state index in [4.69, 9.17) is 4.74 Å². The predicted molar refractivity (Wildman–Crippen MR) is 73.4 cm³/mol. The van der Waals surface area contributed by atoms with E-state index >= 15 is 0 Å². The van der Waals surface area contributed by atoms with Gasteiger partial charge in [0.15, 0.2) is 5.75 Å². The Balaban J connectivity index is 2.95. The molecule has 0 bridgehead atoms. The molecule has 0 aromatic heterocycles. The second kappa shape index (κ2) is 7.17. The van der Waals surface area contributed by atoms with E-state index in [2.05, 4.69) is 10.0 Å². The standard InChI is InChI=1S/C11H17N3O5S/c1-12-6-3-7-13-20(17,18)9-4-5-11(19-2)10(8-9)14(15)16/h4-5,8,12-13H,3,6-7H2,1-2H3. The molecule has 1 aromatic carbocycles. The molecule has 0 fully saturated rings. The van der Waals surface area contributed by atoms with Crippen LogP contribution in [0.15, 0.2) is 23.1 Å². The van der Waals surface area contributed by atoms with Gasteiger partial charge in [0.25, 0.3) is 0 Å². The van der Waals surface area contributed by atoms with E-state index in [0.717, 1.165) is 6.07 Å². The summed E-state index contributed by atoms with van der Waals surface area (Å²) in [6, 6.07) is 3.52. The highest BCUT2D eigenvalue weighted by Gasteiger charge is 2.21. The van der Waals surface area contributed by atoms with Crippen molar-refractivity contribution in [1.82, 2.24) is 10.0 Å². The van der Waals surface area contributed by atoms with Crippen molar-refractivity contribution in [3.05, 3.63) is 28.3 Å². The lowest BCUT2D eigenvalue weighted by Gasteiger charge is -2.08. The molecule has 112 valence electrons. The second-order valence-electron chi connectivity index (χ2n) is 3.95. The summed E-state index contributed by atoms with van der Waals surface area (Å²) in [4.78, 5) is 10.0. The van der Waals surface area contributed by atoms with Gasteiger partial charge in [-0.25, -0.2) is 13.1 Å². The molecular weight excluding hydrogens is 286 g/mol. The van der Waals surface area contributed by atoms with Crippen LogP contribution in [0.25, 0.3) is 0 Å². The summed E-state index contributed by atoms with van der Waals surface area (Å²) in [5, 5.41) is 13.8. The molecule has 0 unspecified atom stereocenters. The van der Waals surface area contributed by atoms with Crippen LogP contribution in [0.3, 0.4) is 0 Å². The van der Waals surface area contributed by atoms with Crippen LogP contribution in [0, 0.1) is 10.1 Å². The van der Waals surface area contributed by atoms with Crippen molar-refractivity contribution in [2.24, 2.45) is 0 Å². The molecule has 0 spiro atoms. The Morgan fingerprint density at radius 2 is 2.05 bits per heavy atom. The van der Waals surface area contributed by atoms with Crippen LogP contribution in [-0.4, -0.2) is 40.6 Å². The van der Waals surface area contributed by atoms with Gasteiger partial charge in [-0.1, -0.05) is 0 Å². The molecule has 20 heavy (non-hydrogen) atoms. The highest BCUT2D eigenvalue weighted by Crippen LogP contribution is 2.29. The fourth-order valence-electron chi connectivity index (χ4n) is 1.53. The number of nitro groups is 1. The number of nitrogens with zero attached hydrogens (tertiary/aromatic N) is 1. The van der Waals surface area contributed by atoms with Crippen molar-refractivity contribution in [2.45, 2.75) is 11.3 Å². The van der Waals surface area contributed by atoms with Gasteiger partial charge in [0.2, 0.25) is 10.0 Å². The number of sulfonamides is 1. The number of methoxy groups -OCH3 is 1. The lowest BCUT2D eigenvalue weighted by Crippen LogP contribution is -2.26. The van der Waals surface area contributed by atoms with Crippen LogP contribution < -0.4 is 14.8 Å². The van der Waals surface area contributed by atoms with E-state index in [1.54, 1.807) is 7.05 Å². The SMILES string of the molecule is CNCCCNS(=O)(=O)c1ccc(OC)c([N+](=O)[O-])c1. The van der Waals surface area contributed by atoms with Crippen LogP contribution in [0.2, 0.25) is 0 Å². The van der Waals surface area contributed by atoms with E-state index < -0.39 is 14.9 Å². The molecule has 0 amide bonds. The van der Waals surface area contributed by atoms with E-state index in [1.165, 1.54) is 19.2 Å². The largest absolute Gasteiger partial charge is 0.490 e. The Morgan fingerprint density at radius 3 is 2.60 bits per heavy atom. The first-order valence-electron chi connectivity index (χ1n) is 5.89. The summed E-state index contributed by atoms with van der Waals surface area (Å²) in [7, 11) is -0.710. The van der Waals surface area contributed by atoms with E-state index in [1.807, 2.05) is 0 Å². The first-order valence-corrected chi connectivity index (χ1v) is 7.37. The molecule has 0 aliphatic carbocycles. The van der Waals surface area contributed by atoms with Crippen LogP contribution >= 0.6 is 0 Å². The molecule has 0 heterocycles. The minimum absolute atomic E-state index is 0.0177. The van der Waals surface area contributed by atoms with Crippen molar-refractivity contribution in [2.75, 3.05) is 27.2 Å². The third-order valence-corrected chi connectivity index (χ3v) is 4.01. The van der Waals surface area contributed by atoms with E-state index in [-0.39, 0.29) is 22.9 Å². The Labute approximate surface area is 117 Å². The highest BCUT2D eigenvalue weighted by molar-refractivity contribution is 7.89. The number of nitrogens with one attached hydrogen (secondary N) is 2. The Kier molecular flexibility index (Phi) is 5.86. The molecule has 1 rings (SSSR count). The van der Waals surface area contributed by atoms with Gasteiger partial charge in [0, 0.05) is 12.6 Å². The summed E-state index contributed by atoms with van der Waals surface area (Å²) < 4.78 is 31.2. The molecule has 0 saturated heterocycles. The summed E-state index contributed by atoms with van der Waals surface area (Å²) in [6.45, 7) is 0.925. The van der Waals surface area contributed by atoms with Gasteiger partial charge in [-0.15, -0.1) is 0 Å². The molecule has 0 aliphatic rings. The summed E-state index contributed by atoms with van der Waals surface area (Å²) in [5.41, 5.74) is -0.384. The van der Waals surface area contributed by atoms with E-state index in [0.29, 0.717) is 13.0 Å². The summed E-state index contributed by atoms with van der Waals surface area (Å²) in [6.07, 6.45) is 0.619. The Hall–Kier alpha value is -1.71. The van der Waals surface area contributed by atoms with Gasteiger partial charge >= 0.3 is 5.69 Å². The fourth-order valence-corrected chi connectivity index (χ4v) is 2.63. The zero-order valence-electron chi connectivity index (χ0n) is 11.3. The summed E-state index contributed by atoms with van der Waals surface area (Å²) >= 11 is 0. The Bertz CT molecular complexity index is 573. The zero-order valence-corrected chi connectivity index (χ0v) is 12.1. The lowest BCUT2D eigenvalue weighted by molar-refractivity contribution is -0.386. The minimum atomic E-state index is -3.76.